The van der Waals surface area contributed by atoms with E-state index >= 15 is 0 Å². The summed E-state index contributed by atoms with van der Waals surface area (Å²) in [6.07, 6.45) is 6.77. The van der Waals surface area contributed by atoms with Crippen LogP contribution in [0.2, 0.25) is 0 Å². The minimum absolute atomic E-state index is 0.125. The minimum Gasteiger partial charge on any atom is -0.395 e. The molecule has 4 heterocycles. The van der Waals surface area contributed by atoms with Gasteiger partial charge in [0.25, 0.3) is 5.91 Å². The lowest BCUT2D eigenvalue weighted by Gasteiger charge is -2.31. The van der Waals surface area contributed by atoms with Crippen molar-refractivity contribution in [2.45, 2.75) is 44.6 Å². The monoisotopic (exact) mass is 400 g/mol. The Labute approximate surface area is 171 Å². The van der Waals surface area contributed by atoms with Crippen LogP contribution in [-0.4, -0.2) is 76.1 Å². The average Bonchev–Trinajstić information content (AvgIpc) is 2.90. The van der Waals surface area contributed by atoms with Gasteiger partial charge < -0.3 is 20.2 Å². The number of amides is 1. The summed E-state index contributed by atoms with van der Waals surface area (Å²) < 4.78 is 1.72. The van der Waals surface area contributed by atoms with E-state index in [0.717, 1.165) is 55.9 Å². The molecule has 158 valence electrons. The summed E-state index contributed by atoms with van der Waals surface area (Å²) in [6.45, 7) is 4.77. The van der Waals surface area contributed by atoms with Crippen molar-refractivity contribution in [3.8, 4) is 0 Å². The van der Waals surface area contributed by atoms with Gasteiger partial charge in [-0.2, -0.15) is 5.10 Å². The van der Waals surface area contributed by atoms with Crippen LogP contribution in [0.4, 0.5) is 5.82 Å². The number of aliphatic hydroxyl groups is 1. The number of carbonyl (C=O) groups is 1. The quantitative estimate of drug-likeness (QED) is 0.792. The van der Waals surface area contributed by atoms with Crippen molar-refractivity contribution in [3.05, 3.63) is 17.8 Å². The van der Waals surface area contributed by atoms with Crippen LogP contribution in [-0.2, 0) is 7.05 Å². The van der Waals surface area contributed by atoms with Gasteiger partial charge in [0.2, 0.25) is 0 Å². The predicted octanol–water partition coefficient (Wildman–Crippen LogP) is 1.54. The smallest absolute Gasteiger partial charge is 0.272 e. The number of carbonyl (C=O) groups excluding carboxylic acids is 1. The first kappa shape index (κ1) is 20.1. The molecule has 4 rings (SSSR count). The molecule has 0 bridgehead atoms. The maximum absolute atomic E-state index is 12.9. The van der Waals surface area contributed by atoms with E-state index in [-0.39, 0.29) is 18.6 Å². The molecular weight excluding hydrogens is 368 g/mol. The summed E-state index contributed by atoms with van der Waals surface area (Å²) in [6, 6.07) is 4.17. The summed E-state index contributed by atoms with van der Waals surface area (Å²) in [4.78, 5) is 22.3. The molecule has 0 atom stereocenters. The van der Waals surface area contributed by atoms with Crippen LogP contribution in [0.5, 0.6) is 0 Å². The van der Waals surface area contributed by atoms with Crippen molar-refractivity contribution in [3.63, 3.8) is 0 Å². The van der Waals surface area contributed by atoms with Gasteiger partial charge in [-0.15, -0.1) is 0 Å². The van der Waals surface area contributed by atoms with Crippen molar-refractivity contribution in [2.24, 2.45) is 7.05 Å². The second kappa shape index (κ2) is 9.09. The molecule has 2 aromatic rings. The predicted molar refractivity (Wildman–Crippen MR) is 113 cm³/mol. The van der Waals surface area contributed by atoms with Gasteiger partial charge in [-0.05, 0) is 37.8 Å². The fourth-order valence-corrected chi connectivity index (χ4v) is 4.46. The van der Waals surface area contributed by atoms with Crippen LogP contribution in [0.25, 0.3) is 11.0 Å². The van der Waals surface area contributed by atoms with Crippen molar-refractivity contribution in [1.82, 2.24) is 25.0 Å². The number of hydrogen-bond donors (Lipinski definition) is 2. The molecule has 0 aromatic carbocycles. The minimum atomic E-state index is -0.125. The zero-order chi connectivity index (χ0) is 20.2. The summed E-state index contributed by atoms with van der Waals surface area (Å²) in [5, 5.41) is 17.5. The second-order valence-electron chi connectivity index (χ2n) is 8.23. The molecular formula is C21H32N6O2. The third-order valence-electron chi connectivity index (χ3n) is 6.16. The molecule has 0 unspecified atom stereocenters. The molecule has 8 nitrogen and oxygen atoms in total. The zero-order valence-electron chi connectivity index (χ0n) is 17.3. The lowest BCUT2D eigenvalue weighted by atomic mass is 10.0. The van der Waals surface area contributed by atoms with E-state index < -0.39 is 0 Å². The van der Waals surface area contributed by atoms with Crippen LogP contribution in [0.15, 0.2) is 12.1 Å². The fraction of sp³-hybridized carbons (Fsp3) is 0.667. The Morgan fingerprint density at radius 3 is 2.55 bits per heavy atom. The molecule has 2 fully saturated rings. The Morgan fingerprint density at radius 2 is 1.86 bits per heavy atom. The van der Waals surface area contributed by atoms with E-state index in [1.165, 1.54) is 25.7 Å². The average molecular weight is 401 g/mol. The van der Waals surface area contributed by atoms with E-state index in [0.29, 0.717) is 12.2 Å². The van der Waals surface area contributed by atoms with Crippen molar-refractivity contribution in [2.75, 3.05) is 44.2 Å². The highest BCUT2D eigenvalue weighted by molar-refractivity contribution is 6.04. The van der Waals surface area contributed by atoms with E-state index in [1.807, 2.05) is 19.2 Å². The van der Waals surface area contributed by atoms with Crippen molar-refractivity contribution < 1.29 is 9.90 Å². The van der Waals surface area contributed by atoms with Crippen LogP contribution < -0.4 is 10.2 Å². The van der Waals surface area contributed by atoms with E-state index in [2.05, 4.69) is 20.2 Å². The standard InChI is InChI=1S/C21H32N6O2/c1-25-20-17(6-7-18(23-20)27-10-4-2-3-5-11-27)19(24-25)21(29)22-16-8-12-26(13-9-16)14-15-28/h6-7,16,28H,2-5,8-15H2,1H3,(H,22,29). The number of nitrogens with zero attached hydrogens (tertiary/aromatic N) is 5. The van der Waals surface area contributed by atoms with E-state index in [1.54, 1.807) is 4.68 Å². The number of anilines is 1. The lowest BCUT2D eigenvalue weighted by Crippen LogP contribution is -2.45. The summed E-state index contributed by atoms with van der Waals surface area (Å²) in [5.41, 5.74) is 1.21. The molecule has 2 aliphatic rings. The Hall–Kier alpha value is -2.19. The van der Waals surface area contributed by atoms with Gasteiger partial charge in [-0.25, -0.2) is 9.67 Å². The molecule has 2 saturated heterocycles. The number of fused-ring (bicyclic) bond motifs is 1. The number of piperidine rings is 1. The summed E-state index contributed by atoms with van der Waals surface area (Å²) in [5.74, 6) is 0.853. The van der Waals surface area contributed by atoms with Gasteiger partial charge >= 0.3 is 0 Å². The SMILES string of the molecule is Cn1nc(C(=O)NC2CCN(CCO)CC2)c2ccc(N3CCCCCC3)nc21. The molecule has 8 heteroatoms. The number of hydrogen-bond acceptors (Lipinski definition) is 6. The largest absolute Gasteiger partial charge is 0.395 e. The Morgan fingerprint density at radius 1 is 1.14 bits per heavy atom. The zero-order valence-corrected chi connectivity index (χ0v) is 17.3. The Bertz CT molecular complexity index is 835. The first-order valence-electron chi connectivity index (χ1n) is 10.9. The molecule has 2 N–H and O–H groups in total. The van der Waals surface area contributed by atoms with Crippen LogP contribution in [0, 0.1) is 0 Å². The highest BCUT2D eigenvalue weighted by Gasteiger charge is 2.24. The Kier molecular flexibility index (Phi) is 6.30. The first-order valence-corrected chi connectivity index (χ1v) is 10.9. The van der Waals surface area contributed by atoms with Crippen molar-refractivity contribution >= 4 is 22.8 Å². The molecule has 0 saturated carbocycles. The van der Waals surface area contributed by atoms with Gasteiger partial charge in [-0.1, -0.05) is 12.8 Å². The number of β-amino-alcohol motifs (C(OH)–C–C–N with tert-alkyl or cyclic N) is 1. The maximum Gasteiger partial charge on any atom is 0.272 e. The van der Waals surface area contributed by atoms with E-state index in [9.17, 15) is 4.79 Å². The van der Waals surface area contributed by atoms with E-state index in [4.69, 9.17) is 10.1 Å². The summed E-state index contributed by atoms with van der Waals surface area (Å²) in [7, 11) is 1.85. The normalized spacial score (nSPS) is 19.4. The highest BCUT2D eigenvalue weighted by atomic mass is 16.3. The van der Waals surface area contributed by atoms with Crippen LogP contribution >= 0.6 is 0 Å². The number of aromatic nitrogens is 3. The fourth-order valence-electron chi connectivity index (χ4n) is 4.46. The Balaban J connectivity index is 1.47. The van der Waals surface area contributed by atoms with Crippen molar-refractivity contribution in [1.29, 1.82) is 0 Å². The third-order valence-corrected chi connectivity index (χ3v) is 6.16. The molecule has 2 aliphatic heterocycles. The number of aryl methyl sites for hydroxylation is 1. The van der Waals surface area contributed by atoms with Gasteiger partial charge in [0.05, 0.1) is 12.0 Å². The number of pyridine rings is 1. The molecule has 2 aromatic heterocycles. The lowest BCUT2D eigenvalue weighted by molar-refractivity contribution is 0.0899. The maximum atomic E-state index is 12.9. The molecule has 0 aliphatic carbocycles. The molecule has 1 amide bonds. The van der Waals surface area contributed by atoms with Gasteiger partial charge in [0.15, 0.2) is 11.3 Å². The van der Waals surface area contributed by atoms with Gasteiger partial charge in [0.1, 0.15) is 5.82 Å². The van der Waals surface area contributed by atoms with Gasteiger partial charge in [-0.3, -0.25) is 4.79 Å². The second-order valence-corrected chi connectivity index (χ2v) is 8.23. The van der Waals surface area contributed by atoms with Gasteiger partial charge in [0, 0.05) is 45.8 Å². The van der Waals surface area contributed by atoms with Crippen LogP contribution in [0.3, 0.4) is 0 Å². The topological polar surface area (TPSA) is 86.5 Å². The number of rotatable bonds is 5. The molecule has 0 spiro atoms. The number of aliphatic hydroxyl groups excluding tert-OH is 1. The summed E-state index contributed by atoms with van der Waals surface area (Å²) >= 11 is 0. The number of nitrogens with one attached hydrogen (secondary N) is 1. The molecule has 0 radical (unpaired) electrons. The number of likely N-dealkylation sites (tertiary alicyclic amines) is 1. The highest BCUT2D eigenvalue weighted by Crippen LogP contribution is 2.23. The molecule has 29 heavy (non-hydrogen) atoms. The third kappa shape index (κ3) is 4.53. The first-order chi connectivity index (χ1) is 14.2. The van der Waals surface area contributed by atoms with Crippen LogP contribution in [0.1, 0.15) is 49.0 Å².